The van der Waals surface area contributed by atoms with E-state index in [0.29, 0.717) is 0 Å². The molecule has 0 aromatic carbocycles. The number of fused-ring (bicyclic) bond motifs is 6. The molecule has 4 rings (SSSR count). The molecule has 2 bridgehead atoms. The molecule has 0 saturated heterocycles. The monoisotopic (exact) mass is 281 g/mol. The van der Waals surface area contributed by atoms with Gasteiger partial charge in [0.05, 0.1) is 5.03 Å². The lowest BCUT2D eigenvalue weighted by molar-refractivity contribution is 0.195. The molecule has 0 spiro atoms. The Kier molecular flexibility index (Phi) is 2.36. The molecule has 0 unspecified atom stereocenters. The molecule has 2 saturated carbocycles. The summed E-state index contributed by atoms with van der Waals surface area (Å²) in [6.07, 6.45) is 5.45. The van der Waals surface area contributed by atoms with Crippen LogP contribution in [0.25, 0.3) is 0 Å². The molecule has 2 aliphatic carbocycles. The topological polar surface area (TPSA) is 32.9 Å². The molecule has 1 N–H and O–H groups in total. The fraction of sp³-hybridized carbons (Fsp3) is 0.786. The fourth-order valence-corrected chi connectivity index (χ4v) is 7.95. The minimum atomic E-state index is 0.138. The fourth-order valence-electron chi connectivity index (χ4n) is 4.75. The van der Waals surface area contributed by atoms with E-state index >= 15 is 0 Å². The molecule has 4 heteroatoms. The third-order valence-corrected chi connectivity index (χ3v) is 8.48. The van der Waals surface area contributed by atoms with Crippen molar-refractivity contribution < 1.29 is 0 Å². The number of thioether (sulfide) groups is 1. The molecule has 2 nitrogen and oxygen atoms in total. The summed E-state index contributed by atoms with van der Waals surface area (Å²) in [5, 5.41) is 1.97. The van der Waals surface area contributed by atoms with Gasteiger partial charge < -0.3 is 4.98 Å². The molecule has 1 aromatic heterocycles. The highest BCUT2D eigenvalue weighted by molar-refractivity contribution is 8.00. The molecule has 98 valence electrons. The Bertz CT molecular complexity index is 548. The second kappa shape index (κ2) is 3.66. The van der Waals surface area contributed by atoms with Crippen LogP contribution in [0.5, 0.6) is 0 Å². The lowest BCUT2D eigenvalue weighted by atomic mass is 9.66. The van der Waals surface area contributed by atoms with Crippen molar-refractivity contribution in [2.45, 2.75) is 55.2 Å². The smallest absolute Gasteiger partial charge is 0.305 e. The quantitative estimate of drug-likeness (QED) is 0.852. The van der Waals surface area contributed by atoms with Crippen molar-refractivity contribution in [2.24, 2.45) is 17.8 Å². The third kappa shape index (κ3) is 1.29. The first kappa shape index (κ1) is 11.6. The minimum Gasteiger partial charge on any atom is -0.307 e. The maximum Gasteiger partial charge on any atom is 0.305 e. The average Bonchev–Trinajstić information content (AvgIpc) is 3.02. The second-order valence-electron chi connectivity index (χ2n) is 6.39. The van der Waals surface area contributed by atoms with E-state index < -0.39 is 0 Å². The number of rotatable bonds is 1. The van der Waals surface area contributed by atoms with Crippen LogP contribution in [0, 0.1) is 17.8 Å². The van der Waals surface area contributed by atoms with Crippen LogP contribution in [0.1, 0.15) is 44.4 Å². The Morgan fingerprint density at radius 2 is 2.17 bits per heavy atom. The number of aromatic amines is 1. The highest BCUT2D eigenvalue weighted by Gasteiger charge is 2.58. The van der Waals surface area contributed by atoms with Crippen LogP contribution in [-0.2, 0) is 5.41 Å². The Morgan fingerprint density at radius 1 is 1.39 bits per heavy atom. The molecule has 2 heterocycles. The Labute approximate surface area is 116 Å². The lowest BCUT2D eigenvalue weighted by Crippen LogP contribution is -2.44. The van der Waals surface area contributed by atoms with Crippen LogP contribution in [0.15, 0.2) is 9.82 Å². The highest BCUT2D eigenvalue weighted by atomic mass is 32.2. The van der Waals surface area contributed by atoms with E-state index in [4.69, 9.17) is 0 Å². The second-order valence-corrected chi connectivity index (χ2v) is 8.56. The minimum absolute atomic E-state index is 0.138. The third-order valence-electron chi connectivity index (χ3n) is 5.70. The number of H-pyrrole nitrogens is 1. The first-order valence-corrected chi connectivity index (χ1v) is 8.73. The van der Waals surface area contributed by atoms with E-state index in [-0.39, 0.29) is 10.3 Å². The molecule has 3 aliphatic rings. The van der Waals surface area contributed by atoms with E-state index in [1.165, 1.54) is 46.9 Å². The van der Waals surface area contributed by atoms with Gasteiger partial charge in [-0.15, -0.1) is 11.8 Å². The molecule has 0 radical (unpaired) electrons. The van der Waals surface area contributed by atoms with Gasteiger partial charge in [-0.1, -0.05) is 25.2 Å². The van der Waals surface area contributed by atoms with Crippen LogP contribution in [0.3, 0.4) is 0 Å². The van der Waals surface area contributed by atoms with E-state index in [1.807, 2.05) is 11.8 Å². The van der Waals surface area contributed by atoms with Gasteiger partial charge in [0.25, 0.3) is 0 Å². The number of hydrogen-bond acceptors (Lipinski definition) is 3. The Balaban J connectivity index is 1.89. The Hall–Kier alpha value is -0.220. The number of aromatic nitrogens is 1. The summed E-state index contributed by atoms with van der Waals surface area (Å²) in [6.45, 7) is 4.71. The van der Waals surface area contributed by atoms with Crippen LogP contribution in [0.2, 0.25) is 0 Å². The van der Waals surface area contributed by atoms with E-state index in [0.717, 1.165) is 23.0 Å². The summed E-state index contributed by atoms with van der Waals surface area (Å²) in [4.78, 5) is 16.3. The van der Waals surface area contributed by atoms with Crippen molar-refractivity contribution in [1.82, 2.24) is 4.98 Å². The van der Waals surface area contributed by atoms with Crippen LogP contribution in [0.4, 0.5) is 0 Å². The van der Waals surface area contributed by atoms with Crippen molar-refractivity contribution in [3.8, 4) is 0 Å². The first-order chi connectivity index (χ1) is 8.63. The van der Waals surface area contributed by atoms with Crippen molar-refractivity contribution in [2.75, 3.05) is 0 Å². The summed E-state index contributed by atoms with van der Waals surface area (Å²) in [5.74, 6) is 2.64. The van der Waals surface area contributed by atoms with Gasteiger partial charge in [-0.25, -0.2) is 0 Å². The highest BCUT2D eigenvalue weighted by Crippen LogP contribution is 2.64. The van der Waals surface area contributed by atoms with Crippen LogP contribution >= 0.6 is 23.1 Å². The summed E-state index contributed by atoms with van der Waals surface area (Å²) in [7, 11) is 0. The molecule has 18 heavy (non-hydrogen) atoms. The van der Waals surface area contributed by atoms with Gasteiger partial charge >= 0.3 is 4.87 Å². The van der Waals surface area contributed by atoms with Crippen molar-refractivity contribution >= 4 is 23.1 Å². The van der Waals surface area contributed by atoms with Gasteiger partial charge in [0.2, 0.25) is 0 Å². The van der Waals surface area contributed by atoms with E-state index in [9.17, 15) is 4.79 Å². The number of thiazole rings is 1. The van der Waals surface area contributed by atoms with Crippen LogP contribution < -0.4 is 4.87 Å². The largest absolute Gasteiger partial charge is 0.307 e. The summed E-state index contributed by atoms with van der Waals surface area (Å²) in [5.41, 5.74) is 0.245. The van der Waals surface area contributed by atoms with Crippen molar-refractivity contribution in [3.05, 3.63) is 14.5 Å². The van der Waals surface area contributed by atoms with Gasteiger partial charge in [0.1, 0.15) is 0 Å². The van der Waals surface area contributed by atoms with Gasteiger partial charge in [-0.2, -0.15) is 0 Å². The first-order valence-electron chi connectivity index (χ1n) is 7.03. The summed E-state index contributed by atoms with van der Waals surface area (Å²) < 4.78 is 0. The molecule has 5 atom stereocenters. The summed E-state index contributed by atoms with van der Waals surface area (Å²) >= 11 is 3.45. The molecule has 2 fully saturated rings. The van der Waals surface area contributed by atoms with Crippen molar-refractivity contribution in [1.29, 1.82) is 0 Å². The zero-order chi connectivity index (χ0) is 12.5. The summed E-state index contributed by atoms with van der Waals surface area (Å²) in [6, 6.07) is 0. The molecule has 1 aliphatic heterocycles. The van der Waals surface area contributed by atoms with Gasteiger partial charge in [0, 0.05) is 15.5 Å². The van der Waals surface area contributed by atoms with Crippen LogP contribution in [-0.4, -0.2) is 10.2 Å². The molecule has 0 amide bonds. The van der Waals surface area contributed by atoms with Gasteiger partial charge in [-0.3, -0.25) is 4.79 Å². The Morgan fingerprint density at radius 3 is 2.94 bits per heavy atom. The normalized spacial score (nSPS) is 45.0. The lowest BCUT2D eigenvalue weighted by Gasteiger charge is -2.46. The van der Waals surface area contributed by atoms with Gasteiger partial charge in [-0.05, 0) is 43.4 Å². The van der Waals surface area contributed by atoms with Crippen molar-refractivity contribution in [3.63, 3.8) is 0 Å². The van der Waals surface area contributed by atoms with E-state index in [2.05, 4.69) is 18.8 Å². The number of hydrogen-bond donors (Lipinski definition) is 1. The van der Waals surface area contributed by atoms with E-state index in [1.54, 1.807) is 0 Å². The SMILES string of the molecule is CC[C@]1(C)c2sc(=O)[nH]c2S[C@H]2[C@@H]3CC[C@H](C3)[C@H]21. The standard InChI is InChI=1S/C14H19NOS2/c1-3-14(2)9-7-4-5-8(6-7)10(9)17-12-11(14)18-13(16)15-12/h7-10H,3-6H2,1-2H3,(H,15,16)/t7-,8-,9-,10+,14+/m1/s1. The predicted octanol–water partition coefficient (Wildman–Crippen LogP) is 3.62. The number of nitrogens with one attached hydrogen (secondary N) is 1. The maximum atomic E-state index is 11.7. The zero-order valence-corrected chi connectivity index (χ0v) is 12.5. The molecular formula is C14H19NOS2. The zero-order valence-electron chi connectivity index (χ0n) is 10.9. The predicted molar refractivity (Wildman–Crippen MR) is 76.5 cm³/mol. The average molecular weight is 281 g/mol. The maximum absolute atomic E-state index is 11.7. The molecular weight excluding hydrogens is 262 g/mol. The van der Waals surface area contributed by atoms with Gasteiger partial charge in [0.15, 0.2) is 0 Å². The molecule has 1 aromatic rings.